The molecule has 5 nitrogen and oxygen atoms in total. The highest BCUT2D eigenvalue weighted by Gasteiger charge is 2.20. The van der Waals surface area contributed by atoms with Gasteiger partial charge in [0.25, 0.3) is 0 Å². The molecule has 0 saturated carbocycles. The first-order valence-corrected chi connectivity index (χ1v) is 8.13. The van der Waals surface area contributed by atoms with Crippen molar-refractivity contribution in [2.75, 3.05) is 39.8 Å². The van der Waals surface area contributed by atoms with E-state index in [1.807, 2.05) is 20.8 Å². The zero-order valence-corrected chi connectivity index (χ0v) is 14.4. The summed E-state index contributed by atoms with van der Waals surface area (Å²) in [5.41, 5.74) is -0.430. The first-order chi connectivity index (χ1) is 9.78. The van der Waals surface area contributed by atoms with Crippen LogP contribution in [0.15, 0.2) is 0 Å². The van der Waals surface area contributed by atoms with Gasteiger partial charge in [-0.05, 0) is 71.6 Å². The average Bonchev–Trinajstić information content (AvgIpc) is 2.37. The van der Waals surface area contributed by atoms with Crippen LogP contribution in [0.2, 0.25) is 0 Å². The molecule has 0 bridgehead atoms. The monoisotopic (exact) mass is 299 g/mol. The van der Waals surface area contributed by atoms with Crippen LogP contribution in [0.4, 0.5) is 4.79 Å². The third kappa shape index (κ3) is 8.27. The van der Waals surface area contributed by atoms with Crippen molar-refractivity contribution >= 4 is 6.09 Å². The van der Waals surface area contributed by atoms with Crippen LogP contribution in [0.5, 0.6) is 0 Å². The second-order valence-electron chi connectivity index (χ2n) is 7.34. The molecule has 1 aliphatic rings. The van der Waals surface area contributed by atoms with Crippen molar-refractivity contribution in [3.63, 3.8) is 0 Å². The molecule has 1 saturated heterocycles. The molecule has 5 heteroatoms. The van der Waals surface area contributed by atoms with Crippen molar-refractivity contribution in [3.8, 4) is 0 Å². The molecular weight excluding hydrogens is 266 g/mol. The zero-order valence-electron chi connectivity index (χ0n) is 14.4. The van der Waals surface area contributed by atoms with Crippen LogP contribution in [0, 0.1) is 11.8 Å². The minimum Gasteiger partial charge on any atom is -0.444 e. The van der Waals surface area contributed by atoms with Gasteiger partial charge >= 0.3 is 6.09 Å². The van der Waals surface area contributed by atoms with E-state index in [0.29, 0.717) is 12.5 Å². The van der Waals surface area contributed by atoms with Crippen LogP contribution < -0.4 is 10.6 Å². The number of carbonyl (C=O) groups is 1. The summed E-state index contributed by atoms with van der Waals surface area (Å²) in [4.78, 5) is 13.6. The van der Waals surface area contributed by atoms with Gasteiger partial charge in [0, 0.05) is 13.6 Å². The van der Waals surface area contributed by atoms with Crippen LogP contribution in [-0.2, 0) is 4.74 Å². The normalized spacial score (nSPS) is 20.9. The fraction of sp³-hybridized carbons (Fsp3) is 0.938. The molecule has 0 aliphatic carbocycles. The number of piperidine rings is 1. The largest absolute Gasteiger partial charge is 0.444 e. The molecule has 1 heterocycles. The molecule has 0 aromatic heterocycles. The fourth-order valence-electron chi connectivity index (χ4n) is 2.58. The quantitative estimate of drug-likeness (QED) is 0.788. The van der Waals surface area contributed by atoms with E-state index in [1.165, 1.54) is 12.8 Å². The molecule has 0 spiro atoms. The molecule has 2 N–H and O–H groups in total. The predicted octanol–water partition coefficient (Wildman–Crippen LogP) is 2.08. The lowest BCUT2D eigenvalue weighted by Gasteiger charge is -2.27. The first-order valence-electron chi connectivity index (χ1n) is 8.13. The molecule has 2 atom stereocenters. The Balaban J connectivity index is 2.16. The Kier molecular flexibility index (Phi) is 7.46. The summed E-state index contributed by atoms with van der Waals surface area (Å²) in [6, 6.07) is 0. The lowest BCUT2D eigenvalue weighted by atomic mass is 9.99. The molecule has 1 amide bonds. The number of hydrogen-bond donors (Lipinski definition) is 2. The van der Waals surface area contributed by atoms with Crippen LogP contribution in [0.3, 0.4) is 0 Å². The van der Waals surface area contributed by atoms with Gasteiger partial charge in [0.15, 0.2) is 0 Å². The smallest absolute Gasteiger partial charge is 0.410 e. The Bertz CT molecular complexity index is 309. The van der Waals surface area contributed by atoms with Crippen molar-refractivity contribution in [1.82, 2.24) is 15.5 Å². The molecule has 2 unspecified atom stereocenters. The first kappa shape index (κ1) is 18.2. The second kappa shape index (κ2) is 8.59. The topological polar surface area (TPSA) is 53.6 Å². The third-order valence-electron chi connectivity index (χ3n) is 3.62. The summed E-state index contributed by atoms with van der Waals surface area (Å²) in [5.74, 6) is 1.16. The Hall–Kier alpha value is -0.810. The molecule has 1 aliphatic heterocycles. The fourth-order valence-corrected chi connectivity index (χ4v) is 2.58. The minimum atomic E-state index is -0.430. The molecule has 0 radical (unpaired) electrons. The molecule has 1 fully saturated rings. The molecule has 0 aromatic rings. The lowest BCUT2D eigenvalue weighted by molar-refractivity contribution is 0.0276. The predicted molar refractivity (Wildman–Crippen MR) is 86.5 cm³/mol. The van der Waals surface area contributed by atoms with Crippen molar-refractivity contribution < 1.29 is 9.53 Å². The lowest BCUT2D eigenvalue weighted by Crippen LogP contribution is -2.40. The van der Waals surface area contributed by atoms with Crippen LogP contribution in [-0.4, -0.2) is 56.4 Å². The van der Waals surface area contributed by atoms with E-state index in [4.69, 9.17) is 4.74 Å². The van der Waals surface area contributed by atoms with E-state index in [1.54, 1.807) is 11.9 Å². The maximum atomic E-state index is 11.9. The number of hydrogen-bond acceptors (Lipinski definition) is 4. The summed E-state index contributed by atoms with van der Waals surface area (Å²) >= 11 is 0. The van der Waals surface area contributed by atoms with Gasteiger partial charge in [-0.3, -0.25) is 0 Å². The summed E-state index contributed by atoms with van der Waals surface area (Å²) in [6.07, 6.45) is 2.35. The van der Waals surface area contributed by atoms with Gasteiger partial charge in [0.1, 0.15) is 5.60 Å². The van der Waals surface area contributed by atoms with Gasteiger partial charge in [0.05, 0.1) is 0 Å². The highest BCUT2D eigenvalue weighted by molar-refractivity contribution is 5.67. The van der Waals surface area contributed by atoms with Crippen LogP contribution in [0.25, 0.3) is 0 Å². The van der Waals surface area contributed by atoms with E-state index in [9.17, 15) is 4.79 Å². The molecule has 124 valence electrons. The second-order valence-corrected chi connectivity index (χ2v) is 7.34. The van der Waals surface area contributed by atoms with Gasteiger partial charge in [0.2, 0.25) is 0 Å². The Morgan fingerprint density at radius 2 is 2.19 bits per heavy atom. The Labute approximate surface area is 129 Å². The zero-order chi connectivity index (χ0) is 15.9. The highest BCUT2D eigenvalue weighted by atomic mass is 16.6. The van der Waals surface area contributed by atoms with Crippen LogP contribution in [0.1, 0.15) is 40.5 Å². The average molecular weight is 299 g/mol. The highest BCUT2D eigenvalue weighted by Crippen LogP contribution is 2.11. The number of ether oxygens (including phenoxy) is 1. The van der Waals surface area contributed by atoms with E-state index in [-0.39, 0.29) is 6.09 Å². The van der Waals surface area contributed by atoms with E-state index in [0.717, 1.165) is 32.1 Å². The minimum absolute atomic E-state index is 0.245. The molecule has 0 aromatic carbocycles. The summed E-state index contributed by atoms with van der Waals surface area (Å²) < 4.78 is 5.36. The van der Waals surface area contributed by atoms with Crippen molar-refractivity contribution in [3.05, 3.63) is 0 Å². The van der Waals surface area contributed by atoms with Gasteiger partial charge in [-0.15, -0.1) is 0 Å². The van der Waals surface area contributed by atoms with Gasteiger partial charge in [-0.2, -0.15) is 0 Å². The van der Waals surface area contributed by atoms with E-state index >= 15 is 0 Å². The third-order valence-corrected chi connectivity index (χ3v) is 3.62. The van der Waals surface area contributed by atoms with Crippen molar-refractivity contribution in [2.45, 2.75) is 46.1 Å². The van der Waals surface area contributed by atoms with Crippen molar-refractivity contribution in [1.29, 1.82) is 0 Å². The number of carbonyl (C=O) groups excluding carboxylic acids is 1. The van der Waals surface area contributed by atoms with Gasteiger partial charge in [-0.25, -0.2) is 4.79 Å². The van der Waals surface area contributed by atoms with Gasteiger partial charge in [-0.1, -0.05) is 6.92 Å². The summed E-state index contributed by atoms with van der Waals surface area (Å²) in [7, 11) is 1.80. The van der Waals surface area contributed by atoms with Gasteiger partial charge < -0.3 is 20.3 Å². The molecular formula is C16H33N3O2. The van der Waals surface area contributed by atoms with Crippen LogP contribution >= 0.6 is 0 Å². The van der Waals surface area contributed by atoms with E-state index in [2.05, 4.69) is 17.6 Å². The number of rotatable bonds is 6. The maximum absolute atomic E-state index is 11.9. The summed E-state index contributed by atoms with van der Waals surface area (Å²) in [5, 5.41) is 6.96. The molecule has 21 heavy (non-hydrogen) atoms. The van der Waals surface area contributed by atoms with E-state index < -0.39 is 5.60 Å². The number of nitrogens with one attached hydrogen (secondary N) is 2. The Morgan fingerprint density at radius 3 is 2.76 bits per heavy atom. The Morgan fingerprint density at radius 1 is 1.48 bits per heavy atom. The molecule has 1 rings (SSSR count). The maximum Gasteiger partial charge on any atom is 0.410 e. The SMILES string of the molecule is CC(CNCC1CCCNC1)CN(C)C(=O)OC(C)(C)C. The van der Waals surface area contributed by atoms with Crippen molar-refractivity contribution in [2.24, 2.45) is 11.8 Å². The summed E-state index contributed by atoms with van der Waals surface area (Å²) in [6.45, 7) is 12.8. The number of amides is 1. The number of nitrogens with zero attached hydrogens (tertiary/aromatic N) is 1. The standard InChI is InChI=1S/C16H33N3O2/c1-13(9-18-11-14-7-6-8-17-10-14)12-19(5)15(20)21-16(2,3)4/h13-14,17-18H,6-12H2,1-5H3.